The number of nitrogens with one attached hydrogen (secondary N) is 1. The van der Waals surface area contributed by atoms with Gasteiger partial charge in [-0.1, -0.05) is 34.1 Å². The number of halogens is 1. The molecule has 19 heavy (non-hydrogen) atoms. The van der Waals surface area contributed by atoms with Gasteiger partial charge in [-0.3, -0.25) is 4.68 Å². The minimum Gasteiger partial charge on any atom is -0.319 e. The first kappa shape index (κ1) is 14.3. The molecule has 1 heterocycles. The van der Waals surface area contributed by atoms with Crippen molar-refractivity contribution in [3.8, 4) is 0 Å². The van der Waals surface area contributed by atoms with Crippen LogP contribution < -0.4 is 5.32 Å². The molecule has 0 aliphatic rings. The number of nitrogens with zero attached hydrogens (tertiary/aromatic N) is 2. The van der Waals surface area contributed by atoms with Gasteiger partial charge in [0.1, 0.15) is 0 Å². The third-order valence-electron chi connectivity index (χ3n) is 3.24. The zero-order chi connectivity index (χ0) is 13.7. The van der Waals surface area contributed by atoms with E-state index < -0.39 is 0 Å². The second kappa shape index (κ2) is 6.87. The monoisotopic (exact) mass is 321 g/mol. The molecule has 4 heteroatoms. The van der Waals surface area contributed by atoms with Crippen molar-refractivity contribution < 1.29 is 0 Å². The predicted molar refractivity (Wildman–Crippen MR) is 82.2 cm³/mol. The van der Waals surface area contributed by atoms with Gasteiger partial charge in [-0.05, 0) is 49.5 Å². The average Bonchev–Trinajstić information content (AvgIpc) is 2.78. The van der Waals surface area contributed by atoms with Crippen LogP contribution in [-0.2, 0) is 19.9 Å². The fraction of sp³-hybridized carbons (Fsp3) is 0.400. The van der Waals surface area contributed by atoms with Crippen LogP contribution in [0.3, 0.4) is 0 Å². The smallest absolute Gasteiger partial charge is 0.0521 e. The highest BCUT2D eigenvalue weighted by molar-refractivity contribution is 9.10. The Hall–Kier alpha value is -1.13. The highest BCUT2D eigenvalue weighted by atomic mass is 79.9. The van der Waals surface area contributed by atoms with E-state index in [1.807, 2.05) is 25.0 Å². The molecule has 0 saturated carbocycles. The number of hydrogen-bond donors (Lipinski definition) is 1. The normalized spacial score (nSPS) is 12.6. The van der Waals surface area contributed by atoms with Gasteiger partial charge in [-0.15, -0.1) is 0 Å². The zero-order valence-electron chi connectivity index (χ0n) is 11.4. The predicted octanol–water partition coefficient (Wildman–Crippen LogP) is 2.80. The first-order valence-corrected chi connectivity index (χ1v) is 7.34. The maximum atomic E-state index is 4.24. The largest absolute Gasteiger partial charge is 0.319 e. The van der Waals surface area contributed by atoms with Gasteiger partial charge >= 0.3 is 0 Å². The van der Waals surface area contributed by atoms with E-state index >= 15 is 0 Å². The number of benzene rings is 1. The van der Waals surface area contributed by atoms with Crippen LogP contribution in [0.4, 0.5) is 0 Å². The lowest BCUT2D eigenvalue weighted by atomic mass is 9.94. The summed E-state index contributed by atoms with van der Waals surface area (Å²) >= 11 is 3.63. The number of aromatic nitrogens is 2. The van der Waals surface area contributed by atoms with E-state index in [-0.39, 0.29) is 0 Å². The SMILES string of the molecule is CNCC(Cc1cnn(C)c1)Cc1ccccc1Br. The fourth-order valence-electron chi connectivity index (χ4n) is 2.39. The minimum atomic E-state index is 0.577. The summed E-state index contributed by atoms with van der Waals surface area (Å²) < 4.78 is 3.06. The summed E-state index contributed by atoms with van der Waals surface area (Å²) in [5.74, 6) is 0.577. The van der Waals surface area contributed by atoms with Crippen LogP contribution in [0.15, 0.2) is 41.1 Å². The second-order valence-electron chi connectivity index (χ2n) is 4.95. The molecule has 102 valence electrons. The second-order valence-corrected chi connectivity index (χ2v) is 5.80. The molecule has 0 spiro atoms. The van der Waals surface area contributed by atoms with Crippen LogP contribution in [0.2, 0.25) is 0 Å². The average molecular weight is 322 g/mol. The number of hydrogen-bond acceptors (Lipinski definition) is 2. The Morgan fingerprint density at radius 3 is 2.74 bits per heavy atom. The summed E-state index contributed by atoms with van der Waals surface area (Å²) in [5.41, 5.74) is 2.67. The highest BCUT2D eigenvalue weighted by Crippen LogP contribution is 2.21. The van der Waals surface area contributed by atoms with E-state index in [1.165, 1.54) is 15.6 Å². The van der Waals surface area contributed by atoms with Gasteiger partial charge in [0.25, 0.3) is 0 Å². The van der Waals surface area contributed by atoms with E-state index in [1.54, 1.807) is 0 Å². The molecular formula is C15H20BrN3. The number of rotatable bonds is 6. The molecule has 0 fully saturated rings. The molecule has 2 rings (SSSR count). The molecule has 1 aromatic carbocycles. The summed E-state index contributed by atoms with van der Waals surface area (Å²) in [6.45, 7) is 1.01. The van der Waals surface area contributed by atoms with Crippen LogP contribution in [0.5, 0.6) is 0 Å². The van der Waals surface area contributed by atoms with Crippen LogP contribution in [-0.4, -0.2) is 23.4 Å². The van der Waals surface area contributed by atoms with Crippen molar-refractivity contribution in [1.82, 2.24) is 15.1 Å². The fourth-order valence-corrected chi connectivity index (χ4v) is 2.84. The Morgan fingerprint density at radius 2 is 2.11 bits per heavy atom. The lowest BCUT2D eigenvalue weighted by Gasteiger charge is -2.16. The standard InChI is InChI=1S/C15H20BrN3/c1-17-9-12(7-13-10-18-19(2)11-13)8-14-5-3-4-6-15(14)16/h3-6,10-12,17H,7-9H2,1-2H3. The molecule has 0 bridgehead atoms. The van der Waals surface area contributed by atoms with E-state index in [0.717, 1.165) is 19.4 Å². The van der Waals surface area contributed by atoms with Gasteiger partial charge in [0, 0.05) is 17.7 Å². The van der Waals surface area contributed by atoms with Crippen molar-refractivity contribution in [2.24, 2.45) is 13.0 Å². The Kier molecular flexibility index (Phi) is 5.16. The van der Waals surface area contributed by atoms with E-state index in [2.05, 4.69) is 56.8 Å². The lowest BCUT2D eigenvalue weighted by Crippen LogP contribution is -2.22. The van der Waals surface area contributed by atoms with Gasteiger partial charge in [0.05, 0.1) is 6.20 Å². The van der Waals surface area contributed by atoms with E-state index in [0.29, 0.717) is 5.92 Å². The van der Waals surface area contributed by atoms with Crippen molar-refractivity contribution in [1.29, 1.82) is 0 Å². The minimum absolute atomic E-state index is 0.577. The van der Waals surface area contributed by atoms with Gasteiger partial charge in [0.15, 0.2) is 0 Å². The van der Waals surface area contributed by atoms with Gasteiger partial charge in [-0.2, -0.15) is 5.10 Å². The summed E-state index contributed by atoms with van der Waals surface area (Å²) in [5, 5.41) is 7.53. The van der Waals surface area contributed by atoms with E-state index in [4.69, 9.17) is 0 Å². The quantitative estimate of drug-likeness (QED) is 0.886. The number of aryl methyl sites for hydroxylation is 1. The maximum absolute atomic E-state index is 4.24. The summed E-state index contributed by atoms with van der Waals surface area (Å²) in [4.78, 5) is 0. The molecule has 0 radical (unpaired) electrons. The molecular weight excluding hydrogens is 302 g/mol. The topological polar surface area (TPSA) is 29.9 Å². The van der Waals surface area contributed by atoms with Crippen molar-refractivity contribution >= 4 is 15.9 Å². The molecule has 0 amide bonds. The molecule has 0 aliphatic carbocycles. The molecule has 1 atom stereocenters. The van der Waals surface area contributed by atoms with Crippen molar-refractivity contribution in [2.75, 3.05) is 13.6 Å². The summed E-state index contributed by atoms with van der Waals surface area (Å²) in [6.07, 6.45) is 6.18. The molecule has 1 unspecified atom stereocenters. The van der Waals surface area contributed by atoms with Gasteiger partial charge < -0.3 is 5.32 Å². The molecule has 3 nitrogen and oxygen atoms in total. The Balaban J connectivity index is 2.06. The first-order chi connectivity index (χ1) is 9.19. The molecule has 2 aromatic rings. The molecule has 1 N–H and O–H groups in total. The Morgan fingerprint density at radius 1 is 1.32 bits per heavy atom. The Labute approximate surface area is 123 Å². The van der Waals surface area contributed by atoms with Crippen LogP contribution in [0, 0.1) is 5.92 Å². The van der Waals surface area contributed by atoms with Crippen LogP contribution in [0.25, 0.3) is 0 Å². The Bertz CT molecular complexity index is 522. The molecule has 0 saturated heterocycles. The van der Waals surface area contributed by atoms with Crippen molar-refractivity contribution in [2.45, 2.75) is 12.8 Å². The summed E-state index contributed by atoms with van der Waals surface area (Å²) in [6, 6.07) is 8.45. The maximum Gasteiger partial charge on any atom is 0.0521 e. The lowest BCUT2D eigenvalue weighted by molar-refractivity contribution is 0.492. The van der Waals surface area contributed by atoms with Crippen molar-refractivity contribution in [3.63, 3.8) is 0 Å². The van der Waals surface area contributed by atoms with Gasteiger partial charge in [-0.25, -0.2) is 0 Å². The van der Waals surface area contributed by atoms with Gasteiger partial charge in [0.2, 0.25) is 0 Å². The van der Waals surface area contributed by atoms with Crippen LogP contribution >= 0.6 is 15.9 Å². The summed E-state index contributed by atoms with van der Waals surface area (Å²) in [7, 11) is 3.97. The van der Waals surface area contributed by atoms with Crippen molar-refractivity contribution in [3.05, 3.63) is 52.3 Å². The molecule has 0 aliphatic heterocycles. The van der Waals surface area contributed by atoms with Crippen LogP contribution in [0.1, 0.15) is 11.1 Å². The third-order valence-corrected chi connectivity index (χ3v) is 4.02. The molecule has 1 aromatic heterocycles. The third kappa shape index (κ3) is 4.18. The first-order valence-electron chi connectivity index (χ1n) is 6.54. The van der Waals surface area contributed by atoms with E-state index in [9.17, 15) is 0 Å². The zero-order valence-corrected chi connectivity index (χ0v) is 13.0. The highest BCUT2D eigenvalue weighted by Gasteiger charge is 2.12.